The van der Waals surface area contributed by atoms with E-state index in [1.54, 1.807) is 48.5 Å². The number of aromatic amines is 1. The van der Waals surface area contributed by atoms with E-state index in [4.69, 9.17) is 21.0 Å². The van der Waals surface area contributed by atoms with Crippen LogP contribution in [-0.2, 0) is 11.3 Å². The number of amidine groups is 1. The molecule has 0 aliphatic rings. The lowest BCUT2D eigenvalue weighted by Crippen LogP contribution is -2.34. The molecule has 1 heterocycles. The molecule has 4 aromatic rings. The molecule has 0 unspecified atom stereocenters. The van der Waals surface area contributed by atoms with Crippen molar-refractivity contribution in [1.82, 2.24) is 9.97 Å². The topological polar surface area (TPSA) is 157 Å². The number of carboxylic acids is 1. The fourth-order valence-electron chi connectivity index (χ4n) is 3.86. The summed E-state index contributed by atoms with van der Waals surface area (Å²) in [5.74, 6) is 0.182. The first kappa shape index (κ1) is 25.2. The second-order valence-corrected chi connectivity index (χ2v) is 8.47. The van der Waals surface area contributed by atoms with Crippen molar-refractivity contribution in [2.45, 2.75) is 26.3 Å². The highest BCUT2D eigenvalue weighted by Gasteiger charge is 2.20. The zero-order valence-corrected chi connectivity index (χ0v) is 20.3. The summed E-state index contributed by atoms with van der Waals surface area (Å²) in [5.41, 5.74) is 9.84. The van der Waals surface area contributed by atoms with Crippen molar-refractivity contribution in [3.05, 3.63) is 83.7 Å². The SMILES string of the molecule is Cc1c(OC(=O)N(CCCC(=O)O)c2ccccc2)ccc2[nH]c(CNc3ccc(C(=N)N)cc3)nc12. The van der Waals surface area contributed by atoms with Crippen LogP contribution in [0.15, 0.2) is 66.7 Å². The van der Waals surface area contributed by atoms with E-state index in [9.17, 15) is 9.59 Å². The first-order valence-electron chi connectivity index (χ1n) is 11.7. The molecule has 190 valence electrons. The number of para-hydroxylation sites is 1. The summed E-state index contributed by atoms with van der Waals surface area (Å²) in [6.07, 6.45) is -0.345. The summed E-state index contributed by atoms with van der Waals surface area (Å²) in [7, 11) is 0. The van der Waals surface area contributed by atoms with E-state index in [1.165, 1.54) is 4.90 Å². The number of H-pyrrole nitrogens is 1. The summed E-state index contributed by atoms with van der Waals surface area (Å²) in [6, 6.07) is 19.8. The van der Waals surface area contributed by atoms with Crippen molar-refractivity contribution in [2.24, 2.45) is 5.73 Å². The molecule has 0 atom stereocenters. The Hall–Kier alpha value is -4.86. The number of nitrogens with zero attached hydrogens (tertiary/aromatic N) is 2. The van der Waals surface area contributed by atoms with Gasteiger partial charge in [-0.05, 0) is 61.9 Å². The molecule has 0 saturated heterocycles. The lowest BCUT2D eigenvalue weighted by molar-refractivity contribution is -0.137. The third-order valence-electron chi connectivity index (χ3n) is 5.82. The van der Waals surface area contributed by atoms with Crippen molar-refractivity contribution in [3.63, 3.8) is 0 Å². The molecule has 1 aromatic heterocycles. The number of nitrogens with two attached hydrogens (primary N) is 1. The number of hydrogen-bond acceptors (Lipinski definition) is 6. The van der Waals surface area contributed by atoms with Gasteiger partial charge in [0.05, 0.1) is 17.6 Å². The van der Waals surface area contributed by atoms with E-state index in [0.717, 1.165) is 11.2 Å². The van der Waals surface area contributed by atoms with E-state index in [1.807, 2.05) is 25.1 Å². The maximum Gasteiger partial charge on any atom is 0.419 e. The van der Waals surface area contributed by atoms with E-state index in [-0.39, 0.29) is 18.8 Å². The lowest BCUT2D eigenvalue weighted by atomic mass is 10.2. The number of aromatic nitrogens is 2. The van der Waals surface area contributed by atoms with E-state index >= 15 is 0 Å². The Morgan fingerprint density at radius 1 is 1.11 bits per heavy atom. The minimum absolute atomic E-state index is 0.0166. The predicted molar refractivity (Wildman–Crippen MR) is 142 cm³/mol. The second kappa shape index (κ2) is 11.3. The Morgan fingerprint density at radius 3 is 2.51 bits per heavy atom. The summed E-state index contributed by atoms with van der Waals surface area (Å²) in [4.78, 5) is 33.4. The summed E-state index contributed by atoms with van der Waals surface area (Å²) < 4.78 is 5.74. The average molecular weight is 501 g/mol. The Kier molecular flexibility index (Phi) is 7.68. The van der Waals surface area contributed by atoms with Crippen LogP contribution >= 0.6 is 0 Å². The molecule has 37 heavy (non-hydrogen) atoms. The van der Waals surface area contributed by atoms with Crippen molar-refractivity contribution in [2.75, 3.05) is 16.8 Å². The van der Waals surface area contributed by atoms with Crippen LogP contribution in [0.3, 0.4) is 0 Å². The number of carbonyl (C=O) groups is 2. The molecule has 1 amide bonds. The van der Waals surface area contributed by atoms with Gasteiger partial charge in [-0.15, -0.1) is 0 Å². The number of benzene rings is 3. The van der Waals surface area contributed by atoms with Crippen LogP contribution in [0.5, 0.6) is 5.75 Å². The number of ether oxygens (including phenoxy) is 1. The Balaban J connectivity index is 1.48. The highest BCUT2D eigenvalue weighted by Crippen LogP contribution is 2.27. The van der Waals surface area contributed by atoms with Crippen LogP contribution in [0.2, 0.25) is 0 Å². The number of carboxylic acid groups (broad SMARTS) is 1. The van der Waals surface area contributed by atoms with Crippen molar-refractivity contribution >= 4 is 40.3 Å². The monoisotopic (exact) mass is 500 g/mol. The molecule has 0 saturated carbocycles. The fourth-order valence-corrected chi connectivity index (χ4v) is 3.86. The predicted octanol–water partition coefficient (Wildman–Crippen LogP) is 4.64. The molecular weight excluding hydrogens is 472 g/mol. The van der Waals surface area contributed by atoms with Crippen LogP contribution in [0.25, 0.3) is 11.0 Å². The molecule has 3 aromatic carbocycles. The number of rotatable bonds is 10. The molecule has 0 radical (unpaired) electrons. The summed E-state index contributed by atoms with van der Waals surface area (Å²) in [5, 5.41) is 19.7. The molecular formula is C27H28N6O4. The van der Waals surface area contributed by atoms with Gasteiger partial charge in [-0.3, -0.25) is 15.1 Å². The molecule has 4 rings (SSSR count). The Bertz CT molecular complexity index is 1420. The molecule has 10 heteroatoms. The van der Waals surface area contributed by atoms with Gasteiger partial charge in [-0.1, -0.05) is 18.2 Å². The minimum Gasteiger partial charge on any atom is -0.481 e. The van der Waals surface area contributed by atoms with Gasteiger partial charge in [0.15, 0.2) is 0 Å². The zero-order chi connectivity index (χ0) is 26.4. The third-order valence-corrected chi connectivity index (χ3v) is 5.82. The van der Waals surface area contributed by atoms with Gasteiger partial charge in [0.25, 0.3) is 0 Å². The molecule has 0 aliphatic heterocycles. The maximum atomic E-state index is 13.1. The lowest BCUT2D eigenvalue weighted by Gasteiger charge is -2.22. The Morgan fingerprint density at radius 2 is 1.84 bits per heavy atom. The van der Waals surface area contributed by atoms with Crippen molar-refractivity contribution in [1.29, 1.82) is 5.41 Å². The van der Waals surface area contributed by atoms with Crippen LogP contribution in [0.1, 0.15) is 29.8 Å². The van der Waals surface area contributed by atoms with Gasteiger partial charge >= 0.3 is 12.1 Å². The largest absolute Gasteiger partial charge is 0.481 e. The van der Waals surface area contributed by atoms with Crippen molar-refractivity contribution in [3.8, 4) is 5.75 Å². The fraction of sp³-hybridized carbons (Fsp3) is 0.185. The number of aliphatic carboxylic acids is 1. The van der Waals surface area contributed by atoms with Crippen LogP contribution < -0.4 is 20.7 Å². The van der Waals surface area contributed by atoms with Crippen LogP contribution in [-0.4, -0.2) is 39.5 Å². The second-order valence-electron chi connectivity index (χ2n) is 8.47. The standard InChI is InChI=1S/C27H28N6O4/c1-17-22(37-27(36)33(15-5-8-24(34)35)20-6-3-2-4-7-20)14-13-21-25(17)32-23(31-21)16-30-19-11-9-18(10-12-19)26(28)29/h2-4,6-7,9-14,30H,5,8,15-16H2,1H3,(H3,28,29)(H,31,32)(H,34,35). The quantitative estimate of drug-likeness (QED) is 0.157. The summed E-state index contributed by atoms with van der Waals surface area (Å²) >= 11 is 0. The maximum absolute atomic E-state index is 13.1. The number of anilines is 2. The van der Waals surface area contributed by atoms with Gasteiger partial charge in [0, 0.05) is 35.5 Å². The number of nitrogens with one attached hydrogen (secondary N) is 3. The number of nitrogen functional groups attached to an aromatic ring is 1. The van der Waals surface area contributed by atoms with Gasteiger partial charge in [0.1, 0.15) is 17.4 Å². The third kappa shape index (κ3) is 6.23. The van der Waals surface area contributed by atoms with Gasteiger partial charge in [-0.2, -0.15) is 0 Å². The molecule has 0 bridgehead atoms. The number of amides is 1. The first-order valence-corrected chi connectivity index (χ1v) is 11.7. The number of carbonyl (C=O) groups excluding carboxylic acids is 1. The molecule has 6 N–H and O–H groups in total. The highest BCUT2D eigenvalue weighted by atomic mass is 16.6. The number of aryl methyl sites for hydroxylation is 1. The van der Waals surface area contributed by atoms with E-state index < -0.39 is 12.1 Å². The van der Waals surface area contributed by atoms with Crippen LogP contribution in [0, 0.1) is 12.3 Å². The Labute approximate surface area is 213 Å². The van der Waals surface area contributed by atoms with Crippen LogP contribution in [0.4, 0.5) is 16.2 Å². The molecule has 10 nitrogen and oxygen atoms in total. The molecule has 0 spiro atoms. The van der Waals surface area contributed by atoms with Gasteiger partial charge in [-0.25, -0.2) is 9.78 Å². The highest BCUT2D eigenvalue weighted by molar-refractivity contribution is 5.95. The first-order chi connectivity index (χ1) is 17.8. The molecule has 0 aliphatic carbocycles. The molecule has 0 fully saturated rings. The number of imidazole rings is 1. The summed E-state index contributed by atoms with van der Waals surface area (Å²) in [6.45, 7) is 2.48. The van der Waals surface area contributed by atoms with Gasteiger partial charge in [0.2, 0.25) is 0 Å². The van der Waals surface area contributed by atoms with E-state index in [2.05, 4.69) is 15.3 Å². The normalized spacial score (nSPS) is 10.7. The van der Waals surface area contributed by atoms with Crippen molar-refractivity contribution < 1.29 is 19.4 Å². The zero-order valence-electron chi connectivity index (χ0n) is 20.3. The van der Waals surface area contributed by atoms with Gasteiger partial charge < -0.3 is 25.9 Å². The average Bonchev–Trinajstić information content (AvgIpc) is 3.31. The number of fused-ring (bicyclic) bond motifs is 1. The van der Waals surface area contributed by atoms with E-state index in [0.29, 0.717) is 46.9 Å². The number of hydrogen-bond donors (Lipinski definition) is 5. The minimum atomic E-state index is -0.917. The smallest absolute Gasteiger partial charge is 0.419 e.